The van der Waals surface area contributed by atoms with Crippen molar-refractivity contribution < 1.29 is 14.3 Å². The smallest absolute Gasteiger partial charge is 0.318 e. The quantitative estimate of drug-likeness (QED) is 0.208. The van der Waals surface area contributed by atoms with E-state index in [1.165, 1.54) is 12.4 Å². The first-order valence-corrected chi connectivity index (χ1v) is 14.9. The van der Waals surface area contributed by atoms with Crippen LogP contribution in [0.2, 0.25) is 5.15 Å². The third-order valence-corrected chi connectivity index (χ3v) is 8.40. The monoisotopic (exact) mass is 584 g/mol. The van der Waals surface area contributed by atoms with Crippen molar-refractivity contribution >= 4 is 34.9 Å². The molecule has 0 aliphatic carbocycles. The molecule has 0 saturated carbocycles. The Morgan fingerprint density at radius 1 is 1.25 bits per heavy atom. The first-order valence-electron chi connectivity index (χ1n) is 13.6. The lowest BCUT2D eigenvalue weighted by molar-refractivity contribution is -0.605. The Balaban J connectivity index is 1.28. The third kappa shape index (κ3) is 7.93. The number of piperidine rings is 1. The van der Waals surface area contributed by atoms with E-state index in [2.05, 4.69) is 38.9 Å². The summed E-state index contributed by atoms with van der Waals surface area (Å²) in [7, 11) is 0. The molecule has 0 radical (unpaired) electrons. The summed E-state index contributed by atoms with van der Waals surface area (Å²) in [6.07, 6.45) is 5.46. The molecule has 0 bridgehead atoms. The molecule has 214 valence electrons. The number of hydrogen-bond acceptors (Lipinski definition) is 6. The highest BCUT2D eigenvalue weighted by Gasteiger charge is 2.30. The summed E-state index contributed by atoms with van der Waals surface area (Å²) in [5.74, 6) is -0.124. The zero-order valence-electron chi connectivity index (χ0n) is 23.2. The van der Waals surface area contributed by atoms with E-state index in [9.17, 15) is 14.8 Å². The Morgan fingerprint density at radius 3 is 2.70 bits per heavy atom. The van der Waals surface area contributed by atoms with Gasteiger partial charge in [-0.05, 0) is 80.1 Å². The molecule has 9 nitrogen and oxygen atoms in total. The Labute approximate surface area is 244 Å². The van der Waals surface area contributed by atoms with E-state index in [4.69, 9.17) is 11.6 Å². The van der Waals surface area contributed by atoms with Crippen LogP contribution in [0.5, 0.6) is 0 Å². The maximum absolute atomic E-state index is 13.3. The summed E-state index contributed by atoms with van der Waals surface area (Å²) in [6.45, 7) is 9.02. The minimum Gasteiger partial charge on any atom is -0.619 e. The lowest BCUT2D eigenvalue weighted by atomic mass is 10.0. The number of carbonyl (C=O) groups is 2. The van der Waals surface area contributed by atoms with Crippen LogP contribution in [-0.4, -0.2) is 58.4 Å². The molecule has 1 aliphatic heterocycles. The van der Waals surface area contributed by atoms with Crippen molar-refractivity contribution in [1.82, 2.24) is 25.4 Å². The number of rotatable bonds is 10. The molecule has 3 aromatic rings. The zero-order valence-corrected chi connectivity index (χ0v) is 24.8. The van der Waals surface area contributed by atoms with Crippen molar-refractivity contribution in [3.05, 3.63) is 85.7 Å². The second kappa shape index (κ2) is 13.9. The largest absolute Gasteiger partial charge is 0.619 e. The number of aryl methyl sites for hydroxylation is 2. The van der Waals surface area contributed by atoms with Gasteiger partial charge in [0.1, 0.15) is 5.15 Å². The van der Waals surface area contributed by atoms with Gasteiger partial charge in [-0.15, -0.1) is 0 Å². The number of amides is 3. The van der Waals surface area contributed by atoms with Crippen molar-refractivity contribution in [3.63, 3.8) is 0 Å². The molecule has 3 amide bonds. The van der Waals surface area contributed by atoms with Crippen LogP contribution >= 0.6 is 22.9 Å². The Bertz CT molecular complexity index is 1270. The SMILES string of the molecule is Cc1cc(Cl)nc(C)c1C(=O)NCC[C@@H](C)N1CCC(N(Cc2ccsc2)C(=O)NCc2ccc[n+]([O-])c2)CC1. The number of likely N-dealkylation sites (tertiary alicyclic amines) is 1. The number of thiophene rings is 1. The zero-order chi connectivity index (χ0) is 28.6. The Hall–Kier alpha value is -3.21. The van der Waals surface area contributed by atoms with Crippen LogP contribution < -0.4 is 15.4 Å². The summed E-state index contributed by atoms with van der Waals surface area (Å²) < 4.78 is 0.740. The van der Waals surface area contributed by atoms with Crippen LogP contribution in [-0.2, 0) is 13.1 Å². The number of aromatic nitrogens is 2. The van der Waals surface area contributed by atoms with Gasteiger partial charge < -0.3 is 25.6 Å². The number of halogens is 1. The van der Waals surface area contributed by atoms with Gasteiger partial charge in [-0.2, -0.15) is 16.1 Å². The predicted molar refractivity (Wildman–Crippen MR) is 157 cm³/mol. The highest BCUT2D eigenvalue weighted by atomic mass is 35.5. The molecule has 3 aromatic heterocycles. The van der Waals surface area contributed by atoms with Gasteiger partial charge in [-0.3, -0.25) is 4.79 Å². The Kier molecular flexibility index (Phi) is 10.4. The molecule has 0 spiro atoms. The molecule has 1 fully saturated rings. The van der Waals surface area contributed by atoms with E-state index >= 15 is 0 Å². The molecular weight excluding hydrogens is 548 g/mol. The lowest BCUT2D eigenvalue weighted by Gasteiger charge is -2.40. The van der Waals surface area contributed by atoms with E-state index < -0.39 is 0 Å². The fourth-order valence-corrected chi connectivity index (χ4v) is 6.21. The Morgan fingerprint density at radius 2 is 2.02 bits per heavy atom. The molecular formula is C29H37ClN6O3S. The summed E-state index contributed by atoms with van der Waals surface area (Å²) in [5, 5.41) is 22.1. The van der Waals surface area contributed by atoms with Crippen LogP contribution in [0, 0.1) is 19.1 Å². The molecule has 4 heterocycles. The van der Waals surface area contributed by atoms with Crippen molar-refractivity contribution in [2.75, 3.05) is 19.6 Å². The normalized spacial score (nSPS) is 15.0. The van der Waals surface area contributed by atoms with Gasteiger partial charge in [-0.25, -0.2) is 9.78 Å². The molecule has 1 atom stereocenters. The highest BCUT2D eigenvalue weighted by molar-refractivity contribution is 7.07. The molecule has 0 unspecified atom stereocenters. The summed E-state index contributed by atoms with van der Waals surface area (Å²) in [5.41, 5.74) is 3.91. The number of carbonyl (C=O) groups excluding carboxylic acids is 2. The van der Waals surface area contributed by atoms with Gasteiger partial charge in [0.05, 0.1) is 17.8 Å². The van der Waals surface area contributed by atoms with Crippen molar-refractivity contribution in [2.45, 2.75) is 65.2 Å². The first-order chi connectivity index (χ1) is 19.2. The average Bonchev–Trinajstić information content (AvgIpc) is 3.43. The van der Waals surface area contributed by atoms with Gasteiger partial charge in [0.2, 0.25) is 0 Å². The first kappa shape index (κ1) is 29.8. The van der Waals surface area contributed by atoms with Crippen LogP contribution in [0.15, 0.2) is 47.4 Å². The van der Waals surface area contributed by atoms with E-state index in [1.807, 2.05) is 23.3 Å². The number of hydrogen-bond donors (Lipinski definition) is 2. The van der Waals surface area contributed by atoms with Crippen molar-refractivity contribution in [1.29, 1.82) is 0 Å². The fraction of sp³-hybridized carbons (Fsp3) is 0.448. The minimum atomic E-state index is -0.124. The number of pyridine rings is 2. The van der Waals surface area contributed by atoms with Crippen molar-refractivity contribution in [3.8, 4) is 0 Å². The van der Waals surface area contributed by atoms with Crippen LogP contribution in [0.4, 0.5) is 4.79 Å². The number of nitrogens with zero attached hydrogens (tertiary/aromatic N) is 4. The standard InChI is InChI=1S/C29H37ClN6O3S/c1-20-15-26(30)33-22(3)27(20)28(37)31-10-6-21(2)34-12-7-25(8-13-34)36(18-24-9-14-40-19-24)29(38)32-16-23-5-4-11-35(39)17-23/h4-5,9,11,14-15,17,19,21,25H,6-8,10,12-13,16,18H2,1-3H3,(H,31,37)(H,32,38)/t21-/m1/s1. The van der Waals surface area contributed by atoms with E-state index in [1.54, 1.807) is 30.4 Å². The maximum Gasteiger partial charge on any atom is 0.318 e. The average molecular weight is 585 g/mol. The molecule has 11 heteroatoms. The molecule has 2 N–H and O–H groups in total. The second-order valence-electron chi connectivity index (χ2n) is 10.4. The topological polar surface area (TPSA) is 105 Å². The van der Waals surface area contributed by atoms with Crippen LogP contribution in [0.3, 0.4) is 0 Å². The number of urea groups is 1. The van der Waals surface area contributed by atoms with Crippen molar-refractivity contribution in [2.24, 2.45) is 0 Å². The number of nitrogens with one attached hydrogen (secondary N) is 2. The van der Waals surface area contributed by atoms with Gasteiger partial charge in [0, 0.05) is 49.9 Å². The minimum absolute atomic E-state index is 0.117. The maximum atomic E-state index is 13.3. The van der Waals surface area contributed by atoms with E-state index in [0.717, 1.165) is 53.8 Å². The summed E-state index contributed by atoms with van der Waals surface area (Å²) >= 11 is 7.63. The van der Waals surface area contributed by atoms with Crippen LogP contribution in [0.25, 0.3) is 0 Å². The fourth-order valence-electron chi connectivity index (χ4n) is 5.26. The van der Waals surface area contributed by atoms with E-state index in [-0.39, 0.29) is 18.0 Å². The lowest BCUT2D eigenvalue weighted by Crippen LogP contribution is -2.51. The summed E-state index contributed by atoms with van der Waals surface area (Å²) in [6, 6.07) is 7.56. The van der Waals surface area contributed by atoms with E-state index in [0.29, 0.717) is 42.1 Å². The van der Waals surface area contributed by atoms with Gasteiger partial charge >= 0.3 is 6.03 Å². The second-order valence-corrected chi connectivity index (χ2v) is 11.5. The van der Waals surface area contributed by atoms with Crippen LogP contribution in [0.1, 0.15) is 58.9 Å². The molecule has 4 rings (SSSR count). The molecule has 0 aromatic carbocycles. The molecule has 1 saturated heterocycles. The van der Waals surface area contributed by atoms with Gasteiger partial charge in [-0.1, -0.05) is 11.6 Å². The summed E-state index contributed by atoms with van der Waals surface area (Å²) in [4.78, 5) is 34.6. The highest BCUT2D eigenvalue weighted by Crippen LogP contribution is 2.23. The molecule has 40 heavy (non-hydrogen) atoms. The van der Waals surface area contributed by atoms with Gasteiger partial charge in [0.15, 0.2) is 12.4 Å². The van der Waals surface area contributed by atoms with Gasteiger partial charge in [0.25, 0.3) is 5.91 Å². The molecule has 1 aliphatic rings. The predicted octanol–water partition coefficient (Wildman–Crippen LogP) is 4.43. The third-order valence-electron chi connectivity index (χ3n) is 7.48.